The minimum Gasteiger partial charge on any atom is -0.493 e. The monoisotopic (exact) mass is 378 g/mol. The van der Waals surface area contributed by atoms with Gasteiger partial charge in [0, 0.05) is 19.5 Å². The number of hydrazone groups is 2. The van der Waals surface area contributed by atoms with Crippen LogP contribution >= 0.6 is 24.4 Å². The van der Waals surface area contributed by atoms with E-state index in [2.05, 4.69) is 31.7 Å². The van der Waals surface area contributed by atoms with E-state index in [1.54, 1.807) is 21.2 Å². The summed E-state index contributed by atoms with van der Waals surface area (Å²) in [6.45, 7) is 0. The highest BCUT2D eigenvalue weighted by Crippen LogP contribution is 2.28. The van der Waals surface area contributed by atoms with Gasteiger partial charge in [-0.3, -0.25) is 10.9 Å². The van der Waals surface area contributed by atoms with Crippen molar-refractivity contribution in [3.8, 4) is 5.75 Å². The molecule has 2 aromatic rings. The van der Waals surface area contributed by atoms with Gasteiger partial charge in [0.15, 0.2) is 27.3 Å². The number of furan rings is 1. The molecule has 0 fully saturated rings. The van der Waals surface area contributed by atoms with Crippen molar-refractivity contribution in [2.24, 2.45) is 10.2 Å². The van der Waals surface area contributed by atoms with Crippen LogP contribution in [0.4, 0.5) is 0 Å². The molecule has 0 radical (unpaired) electrons. The Morgan fingerprint density at radius 2 is 1.88 bits per heavy atom. The van der Waals surface area contributed by atoms with Crippen LogP contribution in [0.5, 0.6) is 5.75 Å². The third kappa shape index (κ3) is 4.88. The summed E-state index contributed by atoms with van der Waals surface area (Å²) in [5.74, 6) is 1.13. The zero-order valence-electron chi connectivity index (χ0n) is 13.9. The van der Waals surface area contributed by atoms with Crippen LogP contribution < -0.4 is 26.2 Å². The van der Waals surface area contributed by atoms with Crippen LogP contribution in [0.2, 0.25) is 0 Å². The molecule has 0 saturated heterocycles. The third-order valence-corrected chi connectivity index (χ3v) is 3.66. The molecule has 0 amide bonds. The molecule has 1 heterocycles. The Bertz CT molecular complexity index is 831. The minimum absolute atomic E-state index is 0.360. The lowest BCUT2D eigenvalue weighted by molar-refractivity contribution is 0.410. The summed E-state index contributed by atoms with van der Waals surface area (Å²) in [6.07, 6.45) is 1.47. The SMILES string of the molecule is CNC(=S)N/N=C\C(=N\NC(=S)NC)c1cc2cccc(OC)c2o1. The normalized spacial score (nSPS) is 11.4. The molecule has 0 saturated carbocycles. The predicted octanol–water partition coefficient (Wildman–Crippen LogP) is 1.32. The lowest BCUT2D eigenvalue weighted by Gasteiger charge is -2.03. The number of nitrogens with one attached hydrogen (secondary N) is 4. The average Bonchev–Trinajstić information content (AvgIpc) is 3.07. The summed E-state index contributed by atoms with van der Waals surface area (Å²) >= 11 is 10.0. The molecule has 0 aliphatic rings. The summed E-state index contributed by atoms with van der Waals surface area (Å²) in [5.41, 5.74) is 6.40. The number of benzene rings is 1. The summed E-state index contributed by atoms with van der Waals surface area (Å²) in [7, 11) is 4.97. The van der Waals surface area contributed by atoms with E-state index >= 15 is 0 Å². The smallest absolute Gasteiger partial charge is 0.186 e. The van der Waals surface area contributed by atoms with Gasteiger partial charge in [-0.05, 0) is 36.6 Å². The van der Waals surface area contributed by atoms with Crippen molar-refractivity contribution in [2.75, 3.05) is 21.2 Å². The summed E-state index contributed by atoms with van der Waals surface area (Å²) in [5, 5.41) is 15.4. The molecule has 1 aromatic carbocycles. The molecule has 25 heavy (non-hydrogen) atoms. The molecule has 8 nitrogen and oxygen atoms in total. The van der Waals surface area contributed by atoms with E-state index in [0.29, 0.717) is 33.0 Å². The fourth-order valence-electron chi connectivity index (χ4n) is 1.85. The van der Waals surface area contributed by atoms with Gasteiger partial charge in [0.2, 0.25) is 0 Å². The molecule has 0 aliphatic carbocycles. The third-order valence-electron chi connectivity index (χ3n) is 3.07. The maximum absolute atomic E-state index is 5.88. The molecule has 4 N–H and O–H groups in total. The highest BCUT2D eigenvalue weighted by Gasteiger charge is 2.12. The van der Waals surface area contributed by atoms with Crippen molar-refractivity contribution < 1.29 is 9.15 Å². The van der Waals surface area contributed by atoms with Gasteiger partial charge < -0.3 is 19.8 Å². The van der Waals surface area contributed by atoms with Crippen LogP contribution in [-0.2, 0) is 0 Å². The second-order valence-electron chi connectivity index (χ2n) is 4.63. The lowest BCUT2D eigenvalue weighted by atomic mass is 10.2. The zero-order chi connectivity index (χ0) is 18.2. The van der Waals surface area contributed by atoms with E-state index in [1.807, 2.05) is 24.3 Å². The molecule has 0 atom stereocenters. The Balaban J connectivity index is 2.37. The number of ether oxygens (including phenoxy) is 1. The average molecular weight is 378 g/mol. The maximum Gasteiger partial charge on any atom is 0.186 e. The molecule has 132 valence electrons. The van der Waals surface area contributed by atoms with Crippen LogP contribution in [-0.4, -0.2) is 43.4 Å². The number of hydrogen-bond acceptors (Lipinski definition) is 6. The summed E-state index contributed by atoms with van der Waals surface area (Å²) in [4.78, 5) is 0. The second-order valence-corrected chi connectivity index (χ2v) is 5.44. The molecule has 10 heteroatoms. The van der Waals surface area contributed by atoms with Gasteiger partial charge in [0.05, 0.1) is 13.3 Å². The minimum atomic E-state index is 0.360. The highest BCUT2D eigenvalue weighted by molar-refractivity contribution is 7.80. The van der Waals surface area contributed by atoms with E-state index in [4.69, 9.17) is 33.6 Å². The standard InChI is InChI=1S/C15H18N6O2S2/c1-16-14(24)20-18-8-10(19-21-15(25)17-2)12-7-9-5-4-6-11(22-3)13(9)23-12/h4-8H,1-3H3,(H2,16,20,24)(H2,17,21,25)/b18-8-,19-10-. The number of hydrogen-bond donors (Lipinski definition) is 4. The van der Waals surface area contributed by atoms with Crippen LogP contribution in [0, 0.1) is 0 Å². The first-order chi connectivity index (χ1) is 12.1. The number of nitrogens with zero attached hydrogens (tertiary/aromatic N) is 2. The Hall–Kier alpha value is -2.72. The highest BCUT2D eigenvalue weighted by atomic mass is 32.1. The van der Waals surface area contributed by atoms with E-state index < -0.39 is 0 Å². The molecular formula is C15H18N6O2S2. The lowest BCUT2D eigenvalue weighted by Crippen LogP contribution is -2.30. The van der Waals surface area contributed by atoms with Crippen molar-refractivity contribution >= 4 is 57.6 Å². The molecule has 2 rings (SSSR count). The van der Waals surface area contributed by atoms with Crippen LogP contribution in [0.15, 0.2) is 38.9 Å². The van der Waals surface area contributed by atoms with Crippen molar-refractivity contribution in [2.45, 2.75) is 0 Å². The zero-order valence-corrected chi connectivity index (χ0v) is 15.5. The van der Waals surface area contributed by atoms with Gasteiger partial charge in [0.1, 0.15) is 5.71 Å². The Kier molecular flexibility index (Phi) is 6.66. The molecule has 0 bridgehead atoms. The second kappa shape index (κ2) is 8.94. The summed E-state index contributed by atoms with van der Waals surface area (Å²) in [6, 6.07) is 7.46. The topological polar surface area (TPSA) is 95.2 Å². The van der Waals surface area contributed by atoms with Gasteiger partial charge in [-0.15, -0.1) is 0 Å². The Morgan fingerprint density at radius 3 is 2.56 bits per heavy atom. The van der Waals surface area contributed by atoms with Gasteiger partial charge >= 0.3 is 0 Å². The quantitative estimate of drug-likeness (QED) is 0.352. The fourth-order valence-corrected chi connectivity index (χ4v) is 1.94. The van der Waals surface area contributed by atoms with Crippen LogP contribution in [0.1, 0.15) is 5.76 Å². The maximum atomic E-state index is 5.88. The van der Waals surface area contributed by atoms with E-state index in [9.17, 15) is 0 Å². The van der Waals surface area contributed by atoms with Crippen molar-refractivity contribution in [1.82, 2.24) is 21.5 Å². The van der Waals surface area contributed by atoms with Crippen molar-refractivity contribution in [1.29, 1.82) is 0 Å². The Labute approximate surface area is 155 Å². The Morgan fingerprint density at radius 1 is 1.16 bits per heavy atom. The fraction of sp³-hybridized carbons (Fsp3) is 0.200. The van der Waals surface area contributed by atoms with Gasteiger partial charge in [-0.25, -0.2) is 0 Å². The number of fused-ring (bicyclic) bond motifs is 1. The first-order valence-corrected chi connectivity index (χ1v) is 8.03. The first kappa shape index (κ1) is 18.6. The number of rotatable bonds is 5. The van der Waals surface area contributed by atoms with Crippen LogP contribution in [0.3, 0.4) is 0 Å². The van der Waals surface area contributed by atoms with Crippen molar-refractivity contribution in [3.05, 3.63) is 30.0 Å². The predicted molar refractivity (Wildman–Crippen MR) is 107 cm³/mol. The molecule has 0 unspecified atom stereocenters. The first-order valence-electron chi connectivity index (χ1n) is 7.22. The van der Waals surface area contributed by atoms with Gasteiger partial charge in [0.25, 0.3) is 0 Å². The van der Waals surface area contributed by atoms with Gasteiger partial charge in [-0.1, -0.05) is 12.1 Å². The van der Waals surface area contributed by atoms with E-state index in [1.165, 1.54) is 6.21 Å². The largest absolute Gasteiger partial charge is 0.493 e. The van der Waals surface area contributed by atoms with E-state index in [0.717, 1.165) is 5.39 Å². The molecule has 0 spiro atoms. The number of thiocarbonyl (C=S) groups is 2. The van der Waals surface area contributed by atoms with Crippen molar-refractivity contribution in [3.63, 3.8) is 0 Å². The molecule has 1 aromatic heterocycles. The molecule has 0 aliphatic heterocycles. The molecular weight excluding hydrogens is 360 g/mol. The van der Waals surface area contributed by atoms with Gasteiger partial charge in [-0.2, -0.15) is 10.2 Å². The van der Waals surface area contributed by atoms with Crippen LogP contribution in [0.25, 0.3) is 11.0 Å². The van der Waals surface area contributed by atoms with E-state index in [-0.39, 0.29) is 0 Å². The summed E-state index contributed by atoms with van der Waals surface area (Å²) < 4.78 is 11.2. The number of para-hydroxylation sites is 1. The number of methoxy groups -OCH3 is 1.